The highest BCUT2D eigenvalue weighted by Crippen LogP contribution is 2.19. The second-order valence-corrected chi connectivity index (χ2v) is 31.1. The molecular formula is C90H180O18. The first-order chi connectivity index (χ1) is 52.1. The first-order valence-corrected chi connectivity index (χ1v) is 45.5. The lowest BCUT2D eigenvalue weighted by Gasteiger charge is -2.05. The van der Waals surface area contributed by atoms with Gasteiger partial charge in [-0.2, -0.15) is 0 Å². The fourth-order valence-electron chi connectivity index (χ4n) is 12.8. The maximum Gasteiger partial charge on any atom is 0.332 e. The lowest BCUT2D eigenvalue weighted by atomic mass is 10.0. The lowest BCUT2D eigenvalue weighted by molar-refractivity contribution is -0.147. The summed E-state index contributed by atoms with van der Waals surface area (Å²) in [6.45, 7) is 13.4. The summed E-state index contributed by atoms with van der Waals surface area (Å²) in [5.74, 6) is -6.58. The van der Waals surface area contributed by atoms with Crippen LogP contribution in [-0.4, -0.2) is 134 Å². The molecule has 108 heavy (non-hydrogen) atoms. The summed E-state index contributed by atoms with van der Waals surface area (Å²) in [4.78, 5) is 62.1. The first kappa shape index (κ1) is 115. The van der Waals surface area contributed by atoms with Crippen LogP contribution in [0.1, 0.15) is 504 Å². The van der Waals surface area contributed by atoms with Crippen LogP contribution in [-0.2, 0) is 28.8 Å². The molecule has 0 aromatic heterocycles. The van der Waals surface area contributed by atoms with E-state index in [0.29, 0.717) is 38.5 Å². The van der Waals surface area contributed by atoms with Crippen molar-refractivity contribution in [2.75, 3.05) is 0 Å². The number of carboxylic acids is 6. The van der Waals surface area contributed by atoms with Crippen molar-refractivity contribution >= 4 is 35.8 Å². The van der Waals surface area contributed by atoms with E-state index in [1.54, 1.807) is 0 Å². The number of carbonyl (C=O) groups is 6. The van der Waals surface area contributed by atoms with Gasteiger partial charge in [0.25, 0.3) is 0 Å². The number of unbranched alkanes of at least 4 members (excludes halogenated alkanes) is 60. The monoisotopic (exact) mass is 1550 g/mol. The summed E-state index contributed by atoms with van der Waals surface area (Å²) in [6.07, 6.45) is 77.9. The lowest BCUT2D eigenvalue weighted by Crippen LogP contribution is -2.18. The highest BCUT2D eigenvalue weighted by Gasteiger charge is 2.16. The Morgan fingerprint density at radius 3 is 0.269 bits per heavy atom. The number of hydrogen-bond donors (Lipinski definition) is 12. The van der Waals surface area contributed by atoms with E-state index in [9.17, 15) is 28.8 Å². The van der Waals surface area contributed by atoms with Gasteiger partial charge >= 0.3 is 35.8 Å². The van der Waals surface area contributed by atoms with Gasteiger partial charge in [-0.05, 0) is 38.5 Å². The molecule has 0 radical (unpaired) electrons. The summed E-state index contributed by atoms with van der Waals surface area (Å²) in [5.41, 5.74) is 0. The zero-order valence-corrected chi connectivity index (χ0v) is 71.2. The molecule has 18 nitrogen and oxygen atoms in total. The van der Waals surface area contributed by atoms with Crippen LogP contribution in [0.3, 0.4) is 0 Å². The molecule has 0 aliphatic carbocycles. The molecule has 0 heterocycles. The molecule has 648 valence electrons. The smallest absolute Gasteiger partial charge is 0.332 e. The van der Waals surface area contributed by atoms with Crippen LogP contribution >= 0.6 is 0 Å². The van der Waals surface area contributed by atoms with Gasteiger partial charge in [-0.3, -0.25) is 0 Å². The zero-order valence-electron chi connectivity index (χ0n) is 71.2. The van der Waals surface area contributed by atoms with Crippen molar-refractivity contribution < 1.29 is 90.0 Å². The zero-order chi connectivity index (χ0) is 81.8. The number of rotatable bonds is 78. The summed E-state index contributed by atoms with van der Waals surface area (Å²) < 4.78 is 0. The van der Waals surface area contributed by atoms with Gasteiger partial charge in [0.05, 0.1) is 0 Å². The number of aliphatic hydroxyl groups excluding tert-OH is 6. The maximum absolute atomic E-state index is 10.4. The van der Waals surface area contributed by atoms with E-state index in [1.807, 2.05) is 0 Å². The fourth-order valence-corrected chi connectivity index (χ4v) is 12.8. The Bertz CT molecular complexity index is 1800. The van der Waals surface area contributed by atoms with Crippen LogP contribution in [0.2, 0.25) is 0 Å². The Hall–Kier alpha value is -3.42. The topological polar surface area (TPSA) is 345 Å². The second kappa shape index (κ2) is 99.7. The van der Waals surface area contributed by atoms with Crippen molar-refractivity contribution in [3.8, 4) is 0 Å². The normalized spacial score (nSPS) is 12.6. The van der Waals surface area contributed by atoms with Gasteiger partial charge < -0.3 is 61.3 Å². The van der Waals surface area contributed by atoms with E-state index in [-0.39, 0.29) is 0 Å². The highest BCUT2D eigenvalue weighted by atomic mass is 16.4. The molecule has 6 unspecified atom stereocenters. The fraction of sp³-hybridized carbons (Fsp3) is 0.933. The minimum Gasteiger partial charge on any atom is -0.479 e. The molecule has 0 aromatic carbocycles. The average Bonchev–Trinajstić information content (AvgIpc) is 1.20. The molecule has 18 heteroatoms. The maximum atomic E-state index is 10.4. The first-order valence-electron chi connectivity index (χ1n) is 45.5. The minimum atomic E-state index is -1.17. The van der Waals surface area contributed by atoms with E-state index in [1.165, 1.54) is 334 Å². The number of hydrogen-bond acceptors (Lipinski definition) is 12. The van der Waals surface area contributed by atoms with Gasteiger partial charge in [-0.1, -0.05) is 465 Å². The molecule has 0 bridgehead atoms. The van der Waals surface area contributed by atoms with Crippen molar-refractivity contribution in [1.29, 1.82) is 0 Å². The summed E-state index contributed by atoms with van der Waals surface area (Å²) in [5, 5.41) is 105. The molecular weight excluding hydrogens is 1370 g/mol. The molecule has 0 aliphatic rings. The Labute approximate surface area is 663 Å². The number of aliphatic carboxylic acids is 6. The predicted molar refractivity (Wildman–Crippen MR) is 448 cm³/mol. The molecule has 0 spiro atoms. The Balaban J connectivity index is -0.000000292. The number of carboxylic acid groups (broad SMARTS) is 6. The third-order valence-corrected chi connectivity index (χ3v) is 20.2. The van der Waals surface area contributed by atoms with Gasteiger partial charge in [0.15, 0.2) is 36.6 Å². The minimum absolute atomic E-state index is 0.390. The van der Waals surface area contributed by atoms with Crippen LogP contribution in [0.4, 0.5) is 0 Å². The molecule has 0 aromatic rings. The summed E-state index contributed by atoms with van der Waals surface area (Å²) >= 11 is 0. The van der Waals surface area contributed by atoms with E-state index in [0.717, 1.165) is 89.9 Å². The van der Waals surface area contributed by atoms with Gasteiger partial charge in [-0.15, -0.1) is 0 Å². The Morgan fingerprint density at radius 1 is 0.139 bits per heavy atom. The van der Waals surface area contributed by atoms with Gasteiger partial charge in [0.1, 0.15) is 0 Å². The van der Waals surface area contributed by atoms with Gasteiger partial charge in [0.2, 0.25) is 0 Å². The van der Waals surface area contributed by atoms with E-state index < -0.39 is 72.4 Å². The predicted octanol–water partition coefficient (Wildman–Crippen LogP) is 24.8. The molecule has 0 fully saturated rings. The van der Waals surface area contributed by atoms with Crippen LogP contribution in [0.15, 0.2) is 0 Å². The van der Waals surface area contributed by atoms with Crippen molar-refractivity contribution in [3.63, 3.8) is 0 Å². The quantitative estimate of drug-likeness (QED) is 0.0252. The number of aliphatic hydroxyl groups is 6. The van der Waals surface area contributed by atoms with Crippen molar-refractivity contribution in [1.82, 2.24) is 0 Å². The summed E-state index contributed by atoms with van der Waals surface area (Å²) in [7, 11) is 0. The van der Waals surface area contributed by atoms with Gasteiger partial charge in [-0.25, -0.2) is 28.8 Å². The highest BCUT2D eigenvalue weighted by molar-refractivity contribution is 5.73. The van der Waals surface area contributed by atoms with Gasteiger partial charge in [0, 0.05) is 0 Å². The molecule has 6 atom stereocenters. The molecule has 0 rings (SSSR count). The standard InChI is InChI=1S/C20H40O3.C18H36O3.C16H32O3.C14H28O3.C12H24O3.C10H20O3/c1-2-3-4-5-6-7-8-9-10-11-12-13-14-15-16-17-18-19(21)20(22)23;1-2-3-4-5-6-7-8-9-10-11-12-13-14-15-16-17(19)18(20)21;1-2-3-4-5-6-7-8-9-10-11-12-13-14-15(17)16(18)19;1-2-3-4-5-6-7-8-9-10-11-12-13(15)14(16)17;1-2-3-4-5-6-7-8-9-10-11(13)12(14)15;1-2-3-4-5-6-7-8-9(11)10(12)13/h19,21H,2-18H2,1H3,(H,22,23);17,19H,2-16H2,1H3,(H,20,21);15,17H,2-14H2,1H3,(H,18,19);13,15H,2-12H2,1H3,(H,16,17);11,13H,2-10H2,1H3,(H,14,15);9,11H,2-8H2,1H3,(H,12,13). The molecule has 0 saturated carbocycles. The molecule has 0 amide bonds. The van der Waals surface area contributed by atoms with Crippen LogP contribution < -0.4 is 0 Å². The van der Waals surface area contributed by atoms with Crippen molar-refractivity contribution in [2.24, 2.45) is 0 Å². The van der Waals surface area contributed by atoms with E-state index >= 15 is 0 Å². The second-order valence-electron chi connectivity index (χ2n) is 31.1. The summed E-state index contributed by atoms with van der Waals surface area (Å²) in [6, 6.07) is 0. The van der Waals surface area contributed by atoms with Crippen molar-refractivity contribution in [2.45, 2.75) is 540 Å². The third-order valence-electron chi connectivity index (χ3n) is 20.2. The third kappa shape index (κ3) is 109. The molecule has 12 N–H and O–H groups in total. The molecule has 0 aliphatic heterocycles. The van der Waals surface area contributed by atoms with E-state index in [2.05, 4.69) is 41.5 Å². The van der Waals surface area contributed by atoms with E-state index in [4.69, 9.17) is 61.3 Å². The van der Waals surface area contributed by atoms with Crippen molar-refractivity contribution in [3.05, 3.63) is 0 Å². The Morgan fingerprint density at radius 2 is 0.204 bits per heavy atom. The molecule has 0 saturated heterocycles. The van der Waals surface area contributed by atoms with Crippen LogP contribution in [0.25, 0.3) is 0 Å². The average molecular weight is 1550 g/mol. The SMILES string of the molecule is CCCCCCCCC(O)C(=O)O.CCCCCCCCCCC(O)C(=O)O.CCCCCCCCCCCCC(O)C(=O)O.CCCCCCCCCCCCCCC(O)C(=O)O.CCCCCCCCCCCCCCCCC(O)C(=O)O.CCCCCCCCCCCCCCCCCCC(O)C(=O)O. The largest absolute Gasteiger partial charge is 0.479 e. The Kier molecular flexibility index (Phi) is 107. The van der Waals surface area contributed by atoms with Crippen LogP contribution in [0.5, 0.6) is 0 Å². The van der Waals surface area contributed by atoms with Crippen LogP contribution in [0, 0.1) is 0 Å².